The molecule has 0 bridgehead atoms. The Morgan fingerprint density at radius 1 is 1.16 bits per heavy atom. The lowest BCUT2D eigenvalue weighted by Gasteiger charge is -2.10. The first-order valence-electron chi connectivity index (χ1n) is 8.04. The van der Waals surface area contributed by atoms with Gasteiger partial charge in [0.25, 0.3) is 5.91 Å². The number of aryl methyl sites for hydroxylation is 1. The Kier molecular flexibility index (Phi) is 7.94. The predicted molar refractivity (Wildman–Crippen MR) is 107 cm³/mol. The maximum absolute atomic E-state index is 12.2. The molecule has 2 aromatic carbocycles. The molecule has 0 atom stereocenters. The number of ether oxygens (including phenoxy) is 1. The van der Waals surface area contributed by atoms with Gasteiger partial charge in [-0.25, -0.2) is 0 Å². The van der Waals surface area contributed by atoms with Crippen LogP contribution in [-0.4, -0.2) is 24.8 Å². The summed E-state index contributed by atoms with van der Waals surface area (Å²) >= 11 is 13.6. The lowest BCUT2D eigenvalue weighted by Crippen LogP contribution is -2.25. The molecule has 3 nitrogen and oxygen atoms in total. The van der Waals surface area contributed by atoms with Gasteiger partial charge in [-0.3, -0.25) is 4.79 Å². The molecular formula is C19H21Cl2NO2S. The first-order chi connectivity index (χ1) is 12.0. The zero-order chi connectivity index (χ0) is 18.2. The van der Waals surface area contributed by atoms with Crippen LogP contribution in [0.15, 0.2) is 36.4 Å². The number of benzene rings is 2. The molecule has 0 saturated carbocycles. The molecule has 0 heterocycles. The molecule has 1 N–H and O–H groups in total. The Morgan fingerprint density at radius 3 is 2.64 bits per heavy atom. The number of rotatable bonds is 8. The fraction of sp³-hybridized carbons (Fsp3) is 0.316. The number of thioether (sulfide) groups is 1. The van der Waals surface area contributed by atoms with Gasteiger partial charge in [0.2, 0.25) is 0 Å². The van der Waals surface area contributed by atoms with Gasteiger partial charge < -0.3 is 10.1 Å². The van der Waals surface area contributed by atoms with Crippen molar-refractivity contribution < 1.29 is 9.53 Å². The van der Waals surface area contributed by atoms with Gasteiger partial charge in [0.05, 0.1) is 16.7 Å². The molecule has 0 aliphatic carbocycles. The molecule has 0 saturated heterocycles. The van der Waals surface area contributed by atoms with Crippen molar-refractivity contribution in [3.05, 3.63) is 63.1 Å². The minimum atomic E-state index is -0.0683. The van der Waals surface area contributed by atoms with E-state index in [1.807, 2.05) is 38.1 Å². The van der Waals surface area contributed by atoms with E-state index >= 15 is 0 Å². The molecule has 0 spiro atoms. The second-order valence-corrected chi connectivity index (χ2v) is 7.39. The number of hydrogen-bond acceptors (Lipinski definition) is 3. The number of carbonyl (C=O) groups is 1. The quantitative estimate of drug-likeness (QED) is 0.608. The van der Waals surface area contributed by atoms with Crippen molar-refractivity contribution in [1.82, 2.24) is 5.32 Å². The fourth-order valence-corrected chi connectivity index (χ4v) is 3.39. The summed E-state index contributed by atoms with van der Waals surface area (Å²) in [4.78, 5) is 12.2. The molecule has 2 aromatic rings. The molecule has 134 valence electrons. The van der Waals surface area contributed by atoms with E-state index in [4.69, 9.17) is 27.9 Å². The van der Waals surface area contributed by atoms with Crippen molar-refractivity contribution in [1.29, 1.82) is 0 Å². The first-order valence-corrected chi connectivity index (χ1v) is 9.95. The van der Waals surface area contributed by atoms with Crippen LogP contribution in [0.1, 0.15) is 28.4 Å². The SMILES string of the molecule is CCOc1ccc(C(=O)NCCSCc2ccc(Cl)c(Cl)c2)cc1C. The van der Waals surface area contributed by atoms with Crippen molar-refractivity contribution in [3.63, 3.8) is 0 Å². The molecule has 0 aliphatic rings. The zero-order valence-electron chi connectivity index (χ0n) is 14.3. The molecule has 0 radical (unpaired) electrons. The Morgan fingerprint density at radius 2 is 1.96 bits per heavy atom. The summed E-state index contributed by atoms with van der Waals surface area (Å²) in [6, 6.07) is 11.1. The predicted octanol–water partition coefficient (Wildman–Crippen LogP) is 5.36. The summed E-state index contributed by atoms with van der Waals surface area (Å²) in [5.41, 5.74) is 2.73. The van der Waals surface area contributed by atoms with Gasteiger partial charge in [-0.2, -0.15) is 11.8 Å². The molecule has 0 aliphatic heterocycles. The largest absolute Gasteiger partial charge is 0.494 e. The number of hydrogen-bond donors (Lipinski definition) is 1. The standard InChI is InChI=1S/C19H21Cl2NO2S/c1-3-24-18-7-5-15(10-13(18)2)19(23)22-8-9-25-12-14-4-6-16(20)17(21)11-14/h4-7,10-11H,3,8-9,12H2,1-2H3,(H,22,23). The highest BCUT2D eigenvalue weighted by atomic mass is 35.5. The van der Waals surface area contributed by atoms with Crippen molar-refractivity contribution in [3.8, 4) is 5.75 Å². The highest BCUT2D eigenvalue weighted by Gasteiger charge is 2.08. The summed E-state index contributed by atoms with van der Waals surface area (Å²) in [5.74, 6) is 2.40. The Labute approximate surface area is 163 Å². The lowest BCUT2D eigenvalue weighted by molar-refractivity contribution is 0.0956. The van der Waals surface area contributed by atoms with Crippen LogP contribution in [0.25, 0.3) is 0 Å². The average molecular weight is 398 g/mol. The van der Waals surface area contributed by atoms with Gasteiger partial charge in [0.15, 0.2) is 0 Å². The molecule has 0 aromatic heterocycles. The van der Waals surface area contributed by atoms with Gasteiger partial charge in [0.1, 0.15) is 5.75 Å². The van der Waals surface area contributed by atoms with Crippen LogP contribution in [0, 0.1) is 6.92 Å². The second-order valence-electron chi connectivity index (χ2n) is 5.47. The lowest BCUT2D eigenvalue weighted by atomic mass is 10.1. The molecule has 6 heteroatoms. The minimum Gasteiger partial charge on any atom is -0.494 e. The van der Waals surface area contributed by atoms with E-state index in [1.165, 1.54) is 0 Å². The van der Waals surface area contributed by atoms with Gasteiger partial charge in [-0.15, -0.1) is 0 Å². The molecule has 0 unspecified atom stereocenters. The smallest absolute Gasteiger partial charge is 0.251 e. The minimum absolute atomic E-state index is 0.0683. The normalized spacial score (nSPS) is 10.6. The first kappa shape index (κ1) is 20.0. The summed E-state index contributed by atoms with van der Waals surface area (Å²) in [5, 5.41) is 4.07. The molecule has 1 amide bonds. The third-order valence-corrected chi connectivity index (χ3v) is 5.29. The Balaban J connectivity index is 1.75. The van der Waals surface area contributed by atoms with Crippen LogP contribution in [-0.2, 0) is 5.75 Å². The van der Waals surface area contributed by atoms with Crippen LogP contribution in [0.5, 0.6) is 5.75 Å². The monoisotopic (exact) mass is 397 g/mol. The van der Waals surface area contributed by atoms with Crippen LogP contribution < -0.4 is 10.1 Å². The highest BCUT2D eigenvalue weighted by Crippen LogP contribution is 2.24. The Hall–Kier alpha value is -1.36. The van der Waals surface area contributed by atoms with E-state index < -0.39 is 0 Å². The number of carbonyl (C=O) groups excluding carboxylic acids is 1. The molecule has 0 fully saturated rings. The van der Waals surface area contributed by atoms with E-state index in [1.54, 1.807) is 23.9 Å². The molecule has 25 heavy (non-hydrogen) atoms. The maximum Gasteiger partial charge on any atom is 0.251 e. The third-order valence-electron chi connectivity index (χ3n) is 3.52. The fourth-order valence-electron chi connectivity index (χ4n) is 2.27. The second kappa shape index (κ2) is 9.95. The topological polar surface area (TPSA) is 38.3 Å². The van der Waals surface area contributed by atoms with Crippen molar-refractivity contribution in [2.24, 2.45) is 0 Å². The van der Waals surface area contributed by atoms with Crippen molar-refractivity contribution in [2.45, 2.75) is 19.6 Å². The van der Waals surface area contributed by atoms with E-state index in [0.717, 1.165) is 28.4 Å². The summed E-state index contributed by atoms with van der Waals surface area (Å²) in [6.45, 7) is 5.10. The van der Waals surface area contributed by atoms with Gasteiger partial charge >= 0.3 is 0 Å². The maximum atomic E-state index is 12.2. The highest BCUT2D eigenvalue weighted by molar-refractivity contribution is 7.98. The molecule has 2 rings (SSSR count). The van der Waals surface area contributed by atoms with Crippen LogP contribution in [0.3, 0.4) is 0 Å². The average Bonchev–Trinajstić information content (AvgIpc) is 2.59. The number of halogens is 2. The summed E-state index contributed by atoms with van der Waals surface area (Å²) in [7, 11) is 0. The van der Waals surface area contributed by atoms with Gasteiger partial charge in [-0.05, 0) is 55.3 Å². The third kappa shape index (κ3) is 6.14. The van der Waals surface area contributed by atoms with E-state index in [2.05, 4.69) is 5.32 Å². The van der Waals surface area contributed by atoms with Gasteiger partial charge in [0, 0.05) is 23.6 Å². The number of amides is 1. The summed E-state index contributed by atoms with van der Waals surface area (Å²) < 4.78 is 5.49. The van der Waals surface area contributed by atoms with E-state index in [-0.39, 0.29) is 5.91 Å². The Bertz CT molecular complexity index is 737. The summed E-state index contributed by atoms with van der Waals surface area (Å²) in [6.07, 6.45) is 0. The zero-order valence-corrected chi connectivity index (χ0v) is 16.6. The van der Waals surface area contributed by atoms with Gasteiger partial charge in [-0.1, -0.05) is 29.3 Å². The van der Waals surface area contributed by atoms with Crippen molar-refractivity contribution in [2.75, 3.05) is 18.9 Å². The van der Waals surface area contributed by atoms with E-state index in [0.29, 0.717) is 28.8 Å². The van der Waals surface area contributed by atoms with Crippen LogP contribution in [0.4, 0.5) is 0 Å². The molecular weight excluding hydrogens is 377 g/mol. The van der Waals surface area contributed by atoms with Crippen LogP contribution in [0.2, 0.25) is 10.0 Å². The van der Waals surface area contributed by atoms with Crippen molar-refractivity contribution >= 4 is 40.9 Å². The number of nitrogens with one attached hydrogen (secondary N) is 1. The van der Waals surface area contributed by atoms with E-state index in [9.17, 15) is 4.79 Å². The van der Waals surface area contributed by atoms with Crippen LogP contribution >= 0.6 is 35.0 Å².